The van der Waals surface area contributed by atoms with E-state index in [2.05, 4.69) is 32.3 Å². The Morgan fingerprint density at radius 1 is 1.07 bits per heavy atom. The van der Waals surface area contributed by atoms with Crippen molar-refractivity contribution in [1.82, 2.24) is 20.2 Å². The largest absolute Gasteiger partial charge is 0.352 e. The van der Waals surface area contributed by atoms with Gasteiger partial charge in [0.2, 0.25) is 11.8 Å². The average molecular weight is 390 g/mol. The summed E-state index contributed by atoms with van der Waals surface area (Å²) in [6.45, 7) is 4.62. The highest BCUT2D eigenvalue weighted by molar-refractivity contribution is 5.79. The molecule has 0 spiro atoms. The first-order chi connectivity index (χ1) is 14.0. The molecule has 0 aliphatic rings. The van der Waals surface area contributed by atoms with Crippen LogP contribution in [0.15, 0.2) is 67.0 Å². The Morgan fingerprint density at radius 3 is 2.52 bits per heavy atom. The van der Waals surface area contributed by atoms with E-state index >= 15 is 0 Å². The van der Waals surface area contributed by atoms with E-state index in [1.807, 2.05) is 55.6 Å². The summed E-state index contributed by atoms with van der Waals surface area (Å²) in [5.41, 5.74) is 3.10. The summed E-state index contributed by atoms with van der Waals surface area (Å²) in [4.78, 5) is 28.3. The van der Waals surface area contributed by atoms with E-state index in [0.29, 0.717) is 6.54 Å². The number of carbonyl (C=O) groups excluding carboxylic acids is 2. The Morgan fingerprint density at radius 2 is 1.83 bits per heavy atom. The highest BCUT2D eigenvalue weighted by Crippen LogP contribution is 2.16. The van der Waals surface area contributed by atoms with Gasteiger partial charge in [-0.05, 0) is 23.6 Å². The lowest BCUT2D eigenvalue weighted by Gasteiger charge is -2.18. The second-order valence-electron chi connectivity index (χ2n) is 7.07. The molecule has 3 rings (SSSR count). The molecule has 150 valence electrons. The van der Waals surface area contributed by atoms with Crippen LogP contribution >= 0.6 is 0 Å². The van der Waals surface area contributed by atoms with Gasteiger partial charge in [0, 0.05) is 32.4 Å². The monoisotopic (exact) mass is 390 g/mol. The van der Waals surface area contributed by atoms with Crippen LogP contribution in [-0.2, 0) is 22.7 Å². The maximum Gasteiger partial charge on any atom is 0.222 e. The number of aromatic nitrogens is 2. The zero-order valence-electron chi connectivity index (χ0n) is 16.8. The van der Waals surface area contributed by atoms with Gasteiger partial charge in [-0.15, -0.1) is 0 Å². The highest BCUT2D eigenvalue weighted by atomic mass is 16.2. The predicted octanol–water partition coefficient (Wildman–Crippen LogP) is 3.12. The molecule has 0 saturated carbocycles. The lowest BCUT2D eigenvalue weighted by atomic mass is 10.0. The molecule has 6 heteroatoms. The van der Waals surface area contributed by atoms with E-state index in [1.54, 1.807) is 6.20 Å². The van der Waals surface area contributed by atoms with Crippen LogP contribution in [0.4, 0.5) is 0 Å². The van der Waals surface area contributed by atoms with Gasteiger partial charge in [-0.3, -0.25) is 9.59 Å². The van der Waals surface area contributed by atoms with Crippen LogP contribution in [0, 0.1) is 6.92 Å². The van der Waals surface area contributed by atoms with E-state index in [9.17, 15) is 9.59 Å². The van der Waals surface area contributed by atoms with Gasteiger partial charge in [0.1, 0.15) is 5.82 Å². The molecule has 2 amide bonds. The molecule has 6 nitrogen and oxygen atoms in total. The number of benzene rings is 2. The number of hydrogen-bond donors (Lipinski definition) is 2. The number of rotatable bonds is 8. The Bertz CT molecular complexity index is 966. The summed E-state index contributed by atoms with van der Waals surface area (Å²) in [7, 11) is 0. The van der Waals surface area contributed by atoms with Gasteiger partial charge in [-0.25, -0.2) is 4.98 Å². The van der Waals surface area contributed by atoms with Crippen LogP contribution in [0.2, 0.25) is 0 Å². The van der Waals surface area contributed by atoms with Crippen LogP contribution in [0.5, 0.6) is 0 Å². The molecular weight excluding hydrogens is 364 g/mol. The lowest BCUT2D eigenvalue weighted by Crippen LogP contribution is -2.32. The molecule has 0 unspecified atom stereocenters. The number of carbonyl (C=O) groups is 2. The minimum Gasteiger partial charge on any atom is -0.352 e. The van der Waals surface area contributed by atoms with Gasteiger partial charge in [-0.2, -0.15) is 0 Å². The van der Waals surface area contributed by atoms with Gasteiger partial charge in [0.05, 0.1) is 12.5 Å². The van der Waals surface area contributed by atoms with Crippen LogP contribution < -0.4 is 10.6 Å². The second kappa shape index (κ2) is 9.68. The van der Waals surface area contributed by atoms with Crippen LogP contribution in [-0.4, -0.2) is 21.4 Å². The fourth-order valence-corrected chi connectivity index (χ4v) is 3.25. The standard InChI is InChI=1S/C23H26N4O2/c1-17-24-11-12-27(17)16-20-8-6-7-19(13-20)15-25-23(29)14-22(26-18(2)28)21-9-4-3-5-10-21/h3-13,22H,14-16H2,1-2H3,(H,25,29)(H,26,28)/t22-/m1/s1. The summed E-state index contributed by atoms with van der Waals surface area (Å²) < 4.78 is 2.08. The topological polar surface area (TPSA) is 76.0 Å². The van der Waals surface area contributed by atoms with Gasteiger partial charge in [-0.1, -0.05) is 54.6 Å². The molecule has 2 aromatic carbocycles. The Hall–Kier alpha value is -3.41. The van der Waals surface area contributed by atoms with E-state index in [-0.39, 0.29) is 24.3 Å². The molecule has 1 aromatic heterocycles. The van der Waals surface area contributed by atoms with Crippen molar-refractivity contribution in [1.29, 1.82) is 0 Å². The Labute approximate surface area is 171 Å². The second-order valence-corrected chi connectivity index (χ2v) is 7.07. The summed E-state index contributed by atoms with van der Waals surface area (Å²) in [5, 5.41) is 5.82. The number of aryl methyl sites for hydroxylation is 1. The first-order valence-electron chi connectivity index (χ1n) is 9.65. The molecule has 0 bridgehead atoms. The SMILES string of the molecule is CC(=O)N[C@H](CC(=O)NCc1cccc(Cn2ccnc2C)c1)c1ccccc1. The first-order valence-corrected chi connectivity index (χ1v) is 9.65. The quantitative estimate of drug-likeness (QED) is 0.620. The minimum absolute atomic E-state index is 0.108. The molecule has 3 aromatic rings. The molecule has 0 aliphatic carbocycles. The van der Waals surface area contributed by atoms with Crippen molar-refractivity contribution in [2.75, 3.05) is 0 Å². The number of nitrogens with zero attached hydrogens (tertiary/aromatic N) is 2. The van der Waals surface area contributed by atoms with Gasteiger partial charge in [0.25, 0.3) is 0 Å². The average Bonchev–Trinajstić information content (AvgIpc) is 3.11. The molecule has 0 fully saturated rings. The summed E-state index contributed by atoms with van der Waals surface area (Å²) >= 11 is 0. The molecule has 1 atom stereocenters. The highest BCUT2D eigenvalue weighted by Gasteiger charge is 2.16. The van der Waals surface area contributed by atoms with Crippen molar-refractivity contribution in [2.45, 2.75) is 39.4 Å². The normalized spacial score (nSPS) is 11.7. The number of amides is 2. The zero-order chi connectivity index (χ0) is 20.6. The summed E-state index contributed by atoms with van der Waals surface area (Å²) in [6, 6.07) is 17.3. The van der Waals surface area contributed by atoms with Crippen molar-refractivity contribution in [3.8, 4) is 0 Å². The molecule has 2 N–H and O–H groups in total. The molecule has 0 aliphatic heterocycles. The van der Waals surface area contributed by atoms with Crippen molar-refractivity contribution >= 4 is 11.8 Å². The molecule has 29 heavy (non-hydrogen) atoms. The van der Waals surface area contributed by atoms with Crippen molar-refractivity contribution in [2.24, 2.45) is 0 Å². The van der Waals surface area contributed by atoms with Crippen LogP contribution in [0.1, 0.15) is 41.9 Å². The summed E-state index contributed by atoms with van der Waals surface area (Å²) in [6.07, 6.45) is 3.94. The van der Waals surface area contributed by atoms with Crippen molar-refractivity contribution in [3.63, 3.8) is 0 Å². The van der Waals surface area contributed by atoms with Gasteiger partial charge in [0.15, 0.2) is 0 Å². The van der Waals surface area contributed by atoms with E-state index in [4.69, 9.17) is 0 Å². The third-order valence-electron chi connectivity index (χ3n) is 4.73. The van der Waals surface area contributed by atoms with Crippen LogP contribution in [0.25, 0.3) is 0 Å². The van der Waals surface area contributed by atoms with Crippen LogP contribution in [0.3, 0.4) is 0 Å². The zero-order valence-corrected chi connectivity index (χ0v) is 16.8. The minimum atomic E-state index is -0.343. The van der Waals surface area contributed by atoms with Gasteiger partial charge >= 0.3 is 0 Å². The van der Waals surface area contributed by atoms with E-state index in [1.165, 1.54) is 6.92 Å². The van der Waals surface area contributed by atoms with Gasteiger partial charge < -0.3 is 15.2 Å². The third-order valence-corrected chi connectivity index (χ3v) is 4.73. The Balaban J connectivity index is 1.59. The first kappa shape index (κ1) is 20.3. The molecule has 1 heterocycles. The molecule has 0 saturated heterocycles. The van der Waals surface area contributed by atoms with Crippen molar-refractivity contribution < 1.29 is 9.59 Å². The van der Waals surface area contributed by atoms with Crippen molar-refractivity contribution in [3.05, 3.63) is 89.5 Å². The number of imidazole rings is 1. The maximum absolute atomic E-state index is 12.5. The van der Waals surface area contributed by atoms with E-state index < -0.39 is 0 Å². The molecular formula is C23H26N4O2. The number of nitrogens with one attached hydrogen (secondary N) is 2. The number of hydrogen-bond acceptors (Lipinski definition) is 3. The predicted molar refractivity (Wildman–Crippen MR) is 112 cm³/mol. The third kappa shape index (κ3) is 6.04. The summed E-state index contributed by atoms with van der Waals surface area (Å²) in [5.74, 6) is 0.700. The fourth-order valence-electron chi connectivity index (χ4n) is 3.25. The fraction of sp³-hybridized carbons (Fsp3) is 0.261. The molecule has 0 radical (unpaired) electrons. The maximum atomic E-state index is 12.5. The smallest absolute Gasteiger partial charge is 0.222 e. The van der Waals surface area contributed by atoms with E-state index in [0.717, 1.165) is 29.1 Å². The lowest BCUT2D eigenvalue weighted by molar-refractivity contribution is -0.122. The Kier molecular flexibility index (Phi) is 6.79.